The Hall–Kier alpha value is -3.11. The van der Waals surface area contributed by atoms with E-state index in [1.165, 1.54) is 36.0 Å². The molecule has 1 N–H and O–H groups in total. The van der Waals surface area contributed by atoms with Gasteiger partial charge < -0.3 is 5.32 Å². The van der Waals surface area contributed by atoms with E-state index < -0.39 is 17.0 Å². The third-order valence-corrected chi connectivity index (χ3v) is 4.73. The van der Waals surface area contributed by atoms with E-state index in [0.717, 1.165) is 10.6 Å². The Labute approximate surface area is 183 Å². The fraction of sp³-hybridized carbons (Fsp3) is 0.158. The Morgan fingerprint density at radius 2 is 2.00 bits per heavy atom. The number of amides is 1. The summed E-state index contributed by atoms with van der Waals surface area (Å²) in [5, 5.41) is 6.96. The quantitative estimate of drug-likeness (QED) is 0.433. The summed E-state index contributed by atoms with van der Waals surface area (Å²) >= 11 is 11.3. The van der Waals surface area contributed by atoms with Crippen molar-refractivity contribution in [2.45, 2.75) is 18.9 Å². The number of carbonyl (C=O) groups is 1. The van der Waals surface area contributed by atoms with Gasteiger partial charge in [0.05, 0.1) is 6.54 Å². The van der Waals surface area contributed by atoms with Gasteiger partial charge in [0, 0.05) is 18.0 Å². The zero-order chi connectivity index (χ0) is 22.3. The van der Waals surface area contributed by atoms with Gasteiger partial charge in [-0.15, -0.1) is 0 Å². The van der Waals surface area contributed by atoms with Crippen LogP contribution in [0, 0.1) is 12.7 Å². The largest absolute Gasteiger partial charge is 0.364 e. The van der Waals surface area contributed by atoms with E-state index in [2.05, 4.69) is 20.5 Å². The second kappa shape index (κ2) is 7.86. The van der Waals surface area contributed by atoms with Gasteiger partial charge in [0.2, 0.25) is 0 Å². The van der Waals surface area contributed by atoms with Crippen molar-refractivity contribution in [1.82, 2.24) is 24.4 Å². The number of anilines is 1. The minimum absolute atomic E-state index is 0.0307. The fourth-order valence-electron chi connectivity index (χ4n) is 2.97. The second-order valence-electron chi connectivity index (χ2n) is 6.69. The molecular formula is C19H13Cl2F3N6O. The normalized spacial score (nSPS) is 11.8. The average molecular weight is 469 g/mol. The van der Waals surface area contributed by atoms with Crippen molar-refractivity contribution in [3.63, 3.8) is 0 Å². The van der Waals surface area contributed by atoms with Crippen molar-refractivity contribution >= 4 is 40.6 Å². The van der Waals surface area contributed by atoms with Crippen LogP contribution in [0.3, 0.4) is 0 Å². The molecule has 7 nitrogen and oxygen atoms in total. The third kappa shape index (κ3) is 4.49. The van der Waals surface area contributed by atoms with Crippen LogP contribution in [0.5, 0.6) is 0 Å². The summed E-state index contributed by atoms with van der Waals surface area (Å²) in [6.45, 7) is 1.74. The Morgan fingerprint density at radius 1 is 1.23 bits per heavy atom. The number of aryl methyl sites for hydroxylation is 1. The summed E-state index contributed by atoms with van der Waals surface area (Å²) < 4.78 is 43.0. The summed E-state index contributed by atoms with van der Waals surface area (Å²) in [6, 6.07) is 8.28. The molecule has 3 aromatic heterocycles. The van der Waals surface area contributed by atoms with Crippen LogP contribution < -0.4 is 5.32 Å². The molecule has 0 unspecified atom stereocenters. The molecule has 1 aromatic carbocycles. The molecule has 1 amide bonds. The van der Waals surface area contributed by atoms with Crippen molar-refractivity contribution < 1.29 is 18.0 Å². The van der Waals surface area contributed by atoms with Gasteiger partial charge in [-0.3, -0.25) is 9.48 Å². The first-order valence-corrected chi connectivity index (χ1v) is 9.59. The van der Waals surface area contributed by atoms with Gasteiger partial charge in [-0.05, 0) is 42.3 Å². The molecule has 12 heteroatoms. The summed E-state index contributed by atoms with van der Waals surface area (Å²) in [5.74, 6) is -1.08. The first-order chi connectivity index (χ1) is 14.6. The summed E-state index contributed by atoms with van der Waals surface area (Å²) in [5.41, 5.74) is 0.162. The van der Waals surface area contributed by atoms with E-state index in [1.807, 2.05) is 0 Å². The molecule has 0 fully saturated rings. The Morgan fingerprint density at radius 3 is 2.71 bits per heavy atom. The Kier molecular flexibility index (Phi) is 5.36. The van der Waals surface area contributed by atoms with Crippen LogP contribution in [0.15, 0.2) is 42.6 Å². The number of benzene rings is 1. The summed E-state index contributed by atoms with van der Waals surface area (Å²) in [7, 11) is 0. The molecule has 0 aliphatic rings. The average Bonchev–Trinajstić information content (AvgIpc) is 3.23. The Bertz CT molecular complexity index is 1300. The fourth-order valence-corrected chi connectivity index (χ4v) is 3.30. The van der Waals surface area contributed by atoms with Gasteiger partial charge in [0.1, 0.15) is 16.5 Å². The third-order valence-electron chi connectivity index (χ3n) is 4.26. The van der Waals surface area contributed by atoms with Crippen LogP contribution in [0.4, 0.5) is 19.0 Å². The number of hydrogen-bond acceptors (Lipinski definition) is 4. The highest BCUT2D eigenvalue weighted by Gasteiger charge is 2.32. The summed E-state index contributed by atoms with van der Waals surface area (Å²) in [4.78, 5) is 16.7. The molecular weight excluding hydrogens is 456 g/mol. The van der Waals surface area contributed by atoms with Gasteiger partial charge in [0.15, 0.2) is 17.2 Å². The predicted molar refractivity (Wildman–Crippen MR) is 108 cm³/mol. The first kappa shape index (κ1) is 21.1. The van der Waals surface area contributed by atoms with Crippen LogP contribution in [-0.4, -0.2) is 30.3 Å². The molecule has 0 bridgehead atoms. The lowest BCUT2D eigenvalue weighted by atomic mass is 10.2. The van der Waals surface area contributed by atoms with E-state index in [4.69, 9.17) is 23.2 Å². The zero-order valence-corrected chi connectivity index (χ0v) is 17.3. The molecule has 3 heterocycles. The van der Waals surface area contributed by atoms with Crippen LogP contribution >= 0.6 is 23.2 Å². The molecule has 160 valence electrons. The molecule has 0 aliphatic heterocycles. The molecule has 0 radical (unpaired) electrons. The maximum Gasteiger partial charge on any atom is 0.364 e. The second-order valence-corrected chi connectivity index (χ2v) is 7.57. The minimum Gasteiger partial charge on any atom is -0.302 e. The van der Waals surface area contributed by atoms with Crippen molar-refractivity contribution in [2.24, 2.45) is 0 Å². The van der Waals surface area contributed by atoms with Gasteiger partial charge in [0.25, 0.3) is 5.91 Å². The van der Waals surface area contributed by atoms with E-state index in [1.54, 1.807) is 12.1 Å². The molecule has 0 spiro atoms. The van der Waals surface area contributed by atoms with Gasteiger partial charge in [-0.25, -0.2) is 13.9 Å². The van der Waals surface area contributed by atoms with Gasteiger partial charge >= 0.3 is 5.38 Å². The van der Waals surface area contributed by atoms with Crippen LogP contribution in [-0.2, 0) is 11.9 Å². The zero-order valence-electron chi connectivity index (χ0n) is 15.8. The lowest BCUT2D eigenvalue weighted by Crippen LogP contribution is -2.16. The number of aromatic nitrogens is 5. The van der Waals surface area contributed by atoms with E-state index >= 15 is 0 Å². The van der Waals surface area contributed by atoms with Crippen LogP contribution in [0.25, 0.3) is 5.65 Å². The van der Waals surface area contributed by atoms with E-state index in [9.17, 15) is 18.0 Å². The monoisotopic (exact) mass is 468 g/mol. The number of nitrogens with one attached hydrogen (secondary N) is 1. The number of hydrogen-bond donors (Lipinski definition) is 1. The minimum atomic E-state index is -3.70. The molecule has 0 atom stereocenters. The first-order valence-electron chi connectivity index (χ1n) is 8.83. The molecule has 0 aliphatic carbocycles. The lowest BCUT2D eigenvalue weighted by molar-refractivity contribution is 0.0868. The SMILES string of the molecule is Cc1cc(C(F)(F)Cl)n2nc(C(=O)Nc3nn(Cc4cccc(F)c4)cc3Cl)cc2n1. The highest BCUT2D eigenvalue weighted by Crippen LogP contribution is 2.32. The van der Waals surface area contributed by atoms with Crippen molar-refractivity contribution in [3.05, 3.63) is 76.1 Å². The number of halogens is 5. The number of fused-ring (bicyclic) bond motifs is 1. The number of nitrogens with zero attached hydrogens (tertiary/aromatic N) is 5. The summed E-state index contributed by atoms with van der Waals surface area (Å²) in [6.07, 6.45) is 1.46. The Balaban J connectivity index is 1.59. The maximum absolute atomic E-state index is 13.7. The topological polar surface area (TPSA) is 77.1 Å². The number of carbonyl (C=O) groups excluding carboxylic acids is 1. The van der Waals surface area contributed by atoms with Crippen LogP contribution in [0.1, 0.15) is 27.4 Å². The number of alkyl halides is 3. The predicted octanol–water partition coefficient (Wildman–Crippen LogP) is 4.62. The molecule has 4 rings (SSSR count). The smallest absolute Gasteiger partial charge is 0.302 e. The number of rotatable bonds is 5. The van der Waals surface area contributed by atoms with Gasteiger partial charge in [-0.1, -0.05) is 23.7 Å². The van der Waals surface area contributed by atoms with Crippen molar-refractivity contribution in [1.29, 1.82) is 0 Å². The standard InChI is InChI=1S/C19H13Cl2F3N6O/c1-10-5-15(19(21,23)24)30-16(25-10)7-14(27-30)18(31)26-17-13(20)9-29(28-17)8-11-3-2-4-12(22)6-11/h2-7,9H,8H2,1H3,(H,26,28,31). The molecule has 0 saturated carbocycles. The van der Waals surface area contributed by atoms with Crippen LogP contribution in [0.2, 0.25) is 5.02 Å². The molecule has 31 heavy (non-hydrogen) atoms. The molecule has 0 saturated heterocycles. The van der Waals surface area contributed by atoms with Crippen molar-refractivity contribution in [3.8, 4) is 0 Å². The lowest BCUT2D eigenvalue weighted by Gasteiger charge is -2.10. The molecule has 4 aromatic rings. The van der Waals surface area contributed by atoms with Gasteiger partial charge in [-0.2, -0.15) is 19.0 Å². The maximum atomic E-state index is 13.7. The van der Waals surface area contributed by atoms with Crippen molar-refractivity contribution in [2.75, 3.05) is 5.32 Å². The highest BCUT2D eigenvalue weighted by atomic mass is 35.5. The van der Waals surface area contributed by atoms with E-state index in [-0.39, 0.29) is 40.2 Å². The van der Waals surface area contributed by atoms with E-state index in [0.29, 0.717) is 5.56 Å². The highest BCUT2D eigenvalue weighted by molar-refractivity contribution is 6.33.